The fourth-order valence-corrected chi connectivity index (χ4v) is 5.04. The Balaban J connectivity index is 1.36. The first kappa shape index (κ1) is 24.4. The van der Waals surface area contributed by atoms with Gasteiger partial charge in [-0.1, -0.05) is 36.4 Å². The van der Waals surface area contributed by atoms with E-state index in [4.69, 9.17) is 21.4 Å². The summed E-state index contributed by atoms with van der Waals surface area (Å²) in [6, 6.07) is 32.9. The molecular formula is C31H23N3O4S. The zero-order valence-electron chi connectivity index (χ0n) is 20.6. The molecule has 0 radical (unpaired) electrons. The van der Waals surface area contributed by atoms with Gasteiger partial charge >= 0.3 is 5.97 Å². The molecule has 0 aliphatic carbocycles. The number of pyridine rings is 1. The lowest BCUT2D eigenvalue weighted by Crippen LogP contribution is -2.29. The standard InChI is InChI=1S/C31H23N3O4S/c35-30(36)21-8-6-7-20(19-21)26-16-17-27(38-26)29-28(25-11-4-5-18-32-25)33-31(39)34(29)22-12-14-24(15-13-22)37-23-9-2-1-3-10-23/h1-19,28-29H,(H,33,39)(H,35,36)/t28-,29+/m1/s1. The molecule has 192 valence electrons. The van der Waals surface area contributed by atoms with Gasteiger partial charge in [0, 0.05) is 17.4 Å². The van der Waals surface area contributed by atoms with Gasteiger partial charge in [0.15, 0.2) is 5.11 Å². The maximum absolute atomic E-state index is 11.5. The first-order valence-electron chi connectivity index (χ1n) is 12.3. The normalized spacial score (nSPS) is 16.6. The molecule has 1 saturated heterocycles. The largest absolute Gasteiger partial charge is 0.478 e. The Hall–Kier alpha value is -4.95. The van der Waals surface area contributed by atoms with Crippen LogP contribution in [-0.2, 0) is 0 Å². The average molecular weight is 534 g/mol. The number of furan rings is 1. The molecule has 39 heavy (non-hydrogen) atoms. The monoisotopic (exact) mass is 533 g/mol. The molecule has 3 aromatic carbocycles. The van der Waals surface area contributed by atoms with Crippen LogP contribution in [0.1, 0.15) is 33.9 Å². The van der Waals surface area contributed by atoms with Crippen molar-refractivity contribution in [1.29, 1.82) is 0 Å². The summed E-state index contributed by atoms with van der Waals surface area (Å²) in [6.07, 6.45) is 1.75. The van der Waals surface area contributed by atoms with Gasteiger partial charge in [0.05, 0.1) is 17.3 Å². The molecule has 5 aromatic rings. The number of nitrogens with zero attached hydrogens (tertiary/aromatic N) is 2. The summed E-state index contributed by atoms with van der Waals surface area (Å²) < 4.78 is 12.3. The molecule has 0 spiro atoms. The molecule has 3 heterocycles. The topological polar surface area (TPSA) is 87.8 Å². The first-order chi connectivity index (χ1) is 19.1. The lowest BCUT2D eigenvalue weighted by Gasteiger charge is -2.26. The number of ether oxygens (including phenoxy) is 1. The predicted octanol–water partition coefficient (Wildman–Crippen LogP) is 7.01. The van der Waals surface area contributed by atoms with Crippen LogP contribution in [0.2, 0.25) is 0 Å². The van der Waals surface area contributed by atoms with Crippen LogP contribution >= 0.6 is 12.2 Å². The number of hydrogen-bond acceptors (Lipinski definition) is 5. The van der Waals surface area contributed by atoms with Gasteiger partial charge in [-0.2, -0.15) is 0 Å². The molecule has 1 aliphatic rings. The number of thiocarbonyl (C=S) groups is 1. The summed E-state index contributed by atoms with van der Waals surface area (Å²) in [4.78, 5) is 18.1. The lowest BCUT2D eigenvalue weighted by atomic mass is 10.0. The first-order valence-corrected chi connectivity index (χ1v) is 12.7. The Kier molecular flexibility index (Phi) is 6.52. The number of hydrogen-bond donors (Lipinski definition) is 2. The van der Waals surface area contributed by atoms with Crippen LogP contribution in [0.4, 0.5) is 5.69 Å². The number of rotatable bonds is 7. The average Bonchev–Trinajstić information content (AvgIpc) is 3.59. The van der Waals surface area contributed by atoms with Crippen molar-refractivity contribution in [1.82, 2.24) is 10.3 Å². The van der Waals surface area contributed by atoms with E-state index in [9.17, 15) is 9.90 Å². The van der Waals surface area contributed by atoms with Gasteiger partial charge < -0.3 is 24.5 Å². The SMILES string of the molecule is O=C(O)c1cccc(-c2ccc([C@H]3[C@@H](c4ccccn4)NC(=S)N3c3ccc(Oc4ccccc4)cc3)o2)c1. The number of nitrogens with one attached hydrogen (secondary N) is 1. The highest BCUT2D eigenvalue weighted by atomic mass is 32.1. The fourth-order valence-electron chi connectivity index (χ4n) is 4.69. The fraction of sp³-hybridized carbons (Fsp3) is 0.0645. The van der Waals surface area contributed by atoms with Crippen molar-refractivity contribution in [3.63, 3.8) is 0 Å². The third-order valence-electron chi connectivity index (χ3n) is 6.50. The van der Waals surface area contributed by atoms with Crippen molar-refractivity contribution in [2.75, 3.05) is 4.90 Å². The molecule has 1 fully saturated rings. The summed E-state index contributed by atoms with van der Waals surface area (Å²) in [7, 11) is 0. The van der Waals surface area contributed by atoms with E-state index >= 15 is 0 Å². The Labute approximate surface area is 230 Å². The van der Waals surface area contributed by atoms with E-state index in [0.717, 1.165) is 17.1 Å². The second-order valence-corrected chi connectivity index (χ2v) is 9.38. The van der Waals surface area contributed by atoms with Gasteiger partial charge in [-0.15, -0.1) is 0 Å². The number of anilines is 1. The van der Waals surface area contributed by atoms with Crippen molar-refractivity contribution in [2.24, 2.45) is 0 Å². The molecule has 7 nitrogen and oxygen atoms in total. The predicted molar refractivity (Wildman–Crippen MR) is 152 cm³/mol. The molecule has 2 aromatic heterocycles. The highest BCUT2D eigenvalue weighted by molar-refractivity contribution is 7.80. The summed E-state index contributed by atoms with van der Waals surface area (Å²) >= 11 is 5.81. The molecule has 0 amide bonds. The second kappa shape index (κ2) is 10.4. The van der Waals surface area contributed by atoms with Crippen LogP contribution in [0, 0.1) is 0 Å². The highest BCUT2D eigenvalue weighted by Gasteiger charge is 2.42. The van der Waals surface area contributed by atoms with Crippen LogP contribution in [0.5, 0.6) is 11.5 Å². The van der Waals surface area contributed by atoms with Gasteiger partial charge in [0.25, 0.3) is 0 Å². The molecular weight excluding hydrogens is 510 g/mol. The van der Waals surface area contributed by atoms with Gasteiger partial charge in [-0.3, -0.25) is 4.98 Å². The number of para-hydroxylation sites is 1. The molecule has 6 rings (SSSR count). The van der Waals surface area contributed by atoms with E-state index in [2.05, 4.69) is 10.3 Å². The molecule has 2 atom stereocenters. The number of carbonyl (C=O) groups is 1. The number of benzene rings is 3. The molecule has 2 N–H and O–H groups in total. The maximum Gasteiger partial charge on any atom is 0.335 e. The minimum atomic E-state index is -0.991. The van der Waals surface area contributed by atoms with E-state index < -0.39 is 5.97 Å². The quantitative estimate of drug-likeness (QED) is 0.216. The number of aromatic nitrogens is 1. The van der Waals surface area contributed by atoms with Crippen molar-refractivity contribution in [3.05, 3.63) is 132 Å². The Bertz CT molecular complexity index is 1620. The van der Waals surface area contributed by atoms with E-state index in [1.165, 1.54) is 0 Å². The number of carboxylic acid groups (broad SMARTS) is 1. The third-order valence-corrected chi connectivity index (χ3v) is 6.82. The Morgan fingerprint density at radius 3 is 2.41 bits per heavy atom. The second-order valence-electron chi connectivity index (χ2n) is 8.99. The summed E-state index contributed by atoms with van der Waals surface area (Å²) in [5, 5.41) is 13.4. The Morgan fingerprint density at radius 2 is 1.67 bits per heavy atom. The van der Waals surface area contributed by atoms with Crippen LogP contribution < -0.4 is 15.0 Å². The van der Waals surface area contributed by atoms with Gasteiger partial charge in [-0.25, -0.2) is 4.79 Å². The number of aromatic carboxylic acids is 1. The zero-order chi connectivity index (χ0) is 26.8. The van der Waals surface area contributed by atoms with Gasteiger partial charge in [-0.05, 0) is 85.0 Å². The molecule has 8 heteroatoms. The van der Waals surface area contributed by atoms with E-state index in [1.54, 1.807) is 24.4 Å². The summed E-state index contributed by atoms with van der Waals surface area (Å²) in [5.74, 6) is 1.71. The molecule has 0 unspecified atom stereocenters. The van der Waals surface area contributed by atoms with Crippen LogP contribution in [0.25, 0.3) is 11.3 Å². The van der Waals surface area contributed by atoms with E-state index in [-0.39, 0.29) is 17.6 Å². The maximum atomic E-state index is 11.5. The van der Waals surface area contributed by atoms with Gasteiger partial charge in [0.2, 0.25) is 0 Å². The van der Waals surface area contributed by atoms with Gasteiger partial charge in [0.1, 0.15) is 29.1 Å². The van der Waals surface area contributed by atoms with Crippen LogP contribution in [-0.4, -0.2) is 21.2 Å². The third kappa shape index (κ3) is 4.97. The van der Waals surface area contributed by atoms with Crippen molar-refractivity contribution < 1.29 is 19.1 Å². The van der Waals surface area contributed by atoms with Crippen molar-refractivity contribution in [2.45, 2.75) is 12.1 Å². The van der Waals surface area contributed by atoms with Crippen LogP contribution in [0.3, 0.4) is 0 Å². The van der Waals surface area contributed by atoms with Crippen molar-refractivity contribution in [3.8, 4) is 22.8 Å². The van der Waals surface area contributed by atoms with Crippen LogP contribution in [0.15, 0.2) is 120 Å². The van der Waals surface area contributed by atoms with Crippen molar-refractivity contribution >= 4 is 29.0 Å². The smallest absolute Gasteiger partial charge is 0.335 e. The molecule has 0 saturated carbocycles. The minimum absolute atomic E-state index is 0.194. The molecule has 1 aliphatic heterocycles. The zero-order valence-corrected chi connectivity index (χ0v) is 21.4. The summed E-state index contributed by atoms with van der Waals surface area (Å²) in [6.45, 7) is 0. The van der Waals surface area contributed by atoms with E-state index in [1.807, 2.05) is 95.9 Å². The molecule has 0 bridgehead atoms. The highest BCUT2D eigenvalue weighted by Crippen LogP contribution is 2.43. The minimum Gasteiger partial charge on any atom is -0.478 e. The lowest BCUT2D eigenvalue weighted by molar-refractivity contribution is 0.0697. The number of carboxylic acids is 1. The van der Waals surface area contributed by atoms with E-state index in [0.29, 0.717) is 27.9 Å². The summed E-state index contributed by atoms with van der Waals surface area (Å²) in [5.41, 5.74) is 2.56. The Morgan fingerprint density at radius 1 is 0.897 bits per heavy atom.